The van der Waals surface area contributed by atoms with E-state index < -0.39 is 17.7 Å². The lowest BCUT2D eigenvalue weighted by atomic mass is 10.0. The summed E-state index contributed by atoms with van der Waals surface area (Å²) in [6, 6.07) is 4.82. The summed E-state index contributed by atoms with van der Waals surface area (Å²) in [6.07, 6.45) is 1.52. The van der Waals surface area contributed by atoms with Crippen LogP contribution in [-0.2, 0) is 0 Å². The molecule has 0 radical (unpaired) electrons. The molecule has 0 saturated heterocycles. The third-order valence-corrected chi connectivity index (χ3v) is 3.24. The molecule has 1 aromatic heterocycles. The normalized spacial score (nSPS) is 12.7. The Bertz CT molecular complexity index is 542. The third kappa shape index (κ3) is 2.62. The van der Waals surface area contributed by atoms with E-state index in [4.69, 9.17) is 4.42 Å². The smallest absolute Gasteiger partial charge is 0.139 e. The van der Waals surface area contributed by atoms with Gasteiger partial charge in [-0.2, -0.15) is 0 Å². The molecular formula is C13H12BrF2NO. The van der Waals surface area contributed by atoms with Gasteiger partial charge in [0.1, 0.15) is 17.4 Å². The average molecular weight is 316 g/mol. The minimum Gasteiger partial charge on any atom is -0.466 e. The Morgan fingerprint density at radius 2 is 2.11 bits per heavy atom. The molecule has 0 aliphatic rings. The molecule has 1 heterocycles. The zero-order valence-electron chi connectivity index (χ0n) is 9.71. The van der Waals surface area contributed by atoms with E-state index in [-0.39, 0.29) is 0 Å². The average Bonchev–Trinajstić information content (AvgIpc) is 2.73. The third-order valence-electron chi connectivity index (χ3n) is 2.59. The molecule has 0 spiro atoms. The molecule has 2 rings (SSSR count). The fourth-order valence-corrected chi connectivity index (χ4v) is 2.23. The quantitative estimate of drug-likeness (QED) is 0.922. The molecule has 18 heavy (non-hydrogen) atoms. The van der Waals surface area contributed by atoms with Gasteiger partial charge in [-0.15, -0.1) is 0 Å². The molecule has 2 nitrogen and oxygen atoms in total. The Morgan fingerprint density at radius 1 is 1.33 bits per heavy atom. The summed E-state index contributed by atoms with van der Waals surface area (Å²) in [4.78, 5) is 0. The van der Waals surface area contributed by atoms with Crippen LogP contribution in [0.1, 0.15) is 24.3 Å². The van der Waals surface area contributed by atoms with E-state index in [0.29, 0.717) is 17.9 Å². The van der Waals surface area contributed by atoms with Gasteiger partial charge in [-0.25, -0.2) is 8.78 Å². The van der Waals surface area contributed by atoms with Gasteiger partial charge in [-0.1, -0.05) is 13.0 Å². The molecule has 1 atom stereocenters. The van der Waals surface area contributed by atoms with Gasteiger partial charge in [0.2, 0.25) is 0 Å². The summed E-state index contributed by atoms with van der Waals surface area (Å²) in [5.41, 5.74) is 0.355. The van der Waals surface area contributed by atoms with Gasteiger partial charge in [0.05, 0.1) is 16.8 Å². The van der Waals surface area contributed by atoms with Crippen LogP contribution in [0, 0.1) is 11.6 Å². The number of hydrogen-bond donors (Lipinski definition) is 1. The Labute approximate surface area is 112 Å². The zero-order chi connectivity index (χ0) is 13.1. The predicted molar refractivity (Wildman–Crippen MR) is 68.3 cm³/mol. The lowest BCUT2D eigenvalue weighted by Crippen LogP contribution is -2.23. The molecule has 0 aliphatic carbocycles. The van der Waals surface area contributed by atoms with Crippen LogP contribution in [-0.4, -0.2) is 6.54 Å². The minimum atomic E-state index is -0.593. The van der Waals surface area contributed by atoms with Gasteiger partial charge in [0.25, 0.3) is 0 Å². The van der Waals surface area contributed by atoms with Gasteiger partial charge >= 0.3 is 0 Å². The minimum absolute atomic E-state index is 0.355. The van der Waals surface area contributed by atoms with Crippen molar-refractivity contribution in [3.8, 4) is 0 Å². The molecule has 0 saturated carbocycles. The monoisotopic (exact) mass is 315 g/mol. The van der Waals surface area contributed by atoms with Crippen LogP contribution in [0.5, 0.6) is 0 Å². The van der Waals surface area contributed by atoms with E-state index in [9.17, 15) is 8.78 Å². The number of halogens is 3. The summed E-state index contributed by atoms with van der Waals surface area (Å²) in [6.45, 7) is 2.54. The molecular weight excluding hydrogens is 304 g/mol. The Morgan fingerprint density at radius 3 is 2.67 bits per heavy atom. The topological polar surface area (TPSA) is 25.2 Å². The van der Waals surface area contributed by atoms with Gasteiger partial charge in [0.15, 0.2) is 0 Å². The molecule has 0 bridgehead atoms. The van der Waals surface area contributed by atoms with Crippen LogP contribution in [0.3, 0.4) is 0 Å². The van der Waals surface area contributed by atoms with E-state index >= 15 is 0 Å². The number of benzene rings is 1. The Kier molecular flexibility index (Phi) is 4.14. The van der Waals surface area contributed by atoms with Gasteiger partial charge < -0.3 is 9.73 Å². The SMILES string of the molecule is CCNC(c1ccc(F)cc1F)c1occc1Br. The second kappa shape index (κ2) is 5.63. The lowest BCUT2D eigenvalue weighted by Gasteiger charge is -2.17. The Balaban J connectivity index is 2.45. The molecule has 0 fully saturated rings. The van der Waals surface area contributed by atoms with Crippen molar-refractivity contribution in [1.82, 2.24) is 5.32 Å². The first-order valence-corrected chi connectivity index (χ1v) is 6.34. The van der Waals surface area contributed by atoms with Crippen LogP contribution >= 0.6 is 15.9 Å². The van der Waals surface area contributed by atoms with Gasteiger partial charge in [-0.05, 0) is 34.6 Å². The van der Waals surface area contributed by atoms with Crippen molar-refractivity contribution in [2.45, 2.75) is 13.0 Å². The molecule has 1 aromatic carbocycles. The van der Waals surface area contributed by atoms with Crippen molar-refractivity contribution in [3.05, 3.63) is 58.0 Å². The summed E-state index contributed by atoms with van der Waals surface area (Å²) >= 11 is 3.34. The molecule has 0 amide bonds. The van der Waals surface area contributed by atoms with Crippen LogP contribution in [0.15, 0.2) is 39.4 Å². The fourth-order valence-electron chi connectivity index (χ4n) is 1.80. The van der Waals surface area contributed by atoms with Crippen molar-refractivity contribution in [3.63, 3.8) is 0 Å². The van der Waals surface area contributed by atoms with E-state index in [2.05, 4.69) is 21.2 Å². The summed E-state index contributed by atoms with van der Waals surface area (Å²) in [5.74, 6) is -0.614. The highest BCUT2D eigenvalue weighted by molar-refractivity contribution is 9.10. The molecule has 96 valence electrons. The van der Waals surface area contributed by atoms with Crippen LogP contribution < -0.4 is 5.32 Å². The highest BCUT2D eigenvalue weighted by Crippen LogP contribution is 2.31. The van der Waals surface area contributed by atoms with Gasteiger partial charge in [0, 0.05) is 11.6 Å². The van der Waals surface area contributed by atoms with Crippen LogP contribution in [0.25, 0.3) is 0 Å². The molecule has 0 aliphatic heterocycles. The largest absolute Gasteiger partial charge is 0.466 e. The summed E-state index contributed by atoms with van der Waals surface area (Å²) < 4.78 is 32.8. The van der Waals surface area contributed by atoms with Crippen molar-refractivity contribution >= 4 is 15.9 Å². The zero-order valence-corrected chi connectivity index (χ0v) is 11.3. The van der Waals surface area contributed by atoms with Crippen molar-refractivity contribution in [2.24, 2.45) is 0 Å². The Hall–Kier alpha value is -1.20. The summed E-state index contributed by atoms with van der Waals surface area (Å²) in [7, 11) is 0. The van der Waals surface area contributed by atoms with Gasteiger partial charge in [-0.3, -0.25) is 0 Å². The highest BCUT2D eigenvalue weighted by atomic mass is 79.9. The first-order valence-electron chi connectivity index (χ1n) is 5.54. The number of nitrogens with one attached hydrogen (secondary N) is 1. The molecule has 1 unspecified atom stereocenters. The maximum Gasteiger partial charge on any atom is 0.139 e. The molecule has 5 heteroatoms. The number of hydrogen-bond acceptors (Lipinski definition) is 2. The molecule has 1 N–H and O–H groups in total. The maximum atomic E-state index is 13.8. The van der Waals surface area contributed by atoms with Crippen molar-refractivity contribution in [2.75, 3.05) is 6.54 Å². The highest BCUT2D eigenvalue weighted by Gasteiger charge is 2.22. The van der Waals surface area contributed by atoms with E-state index in [1.165, 1.54) is 18.4 Å². The van der Waals surface area contributed by atoms with E-state index in [0.717, 1.165) is 10.5 Å². The molecule has 2 aromatic rings. The van der Waals surface area contributed by atoms with E-state index in [1.54, 1.807) is 6.07 Å². The first kappa shape index (κ1) is 13.2. The number of furan rings is 1. The van der Waals surface area contributed by atoms with Crippen molar-refractivity contribution < 1.29 is 13.2 Å². The van der Waals surface area contributed by atoms with Crippen LogP contribution in [0.2, 0.25) is 0 Å². The van der Waals surface area contributed by atoms with Crippen LogP contribution in [0.4, 0.5) is 8.78 Å². The second-order valence-corrected chi connectivity index (χ2v) is 4.64. The first-order chi connectivity index (χ1) is 8.63. The van der Waals surface area contributed by atoms with E-state index in [1.807, 2.05) is 6.92 Å². The lowest BCUT2D eigenvalue weighted by molar-refractivity contribution is 0.438. The fraction of sp³-hybridized carbons (Fsp3) is 0.231. The second-order valence-electron chi connectivity index (χ2n) is 3.79. The number of rotatable bonds is 4. The standard InChI is InChI=1S/C13H12BrF2NO/c1-2-17-12(13-10(14)5-6-18-13)9-4-3-8(15)7-11(9)16/h3-7,12,17H,2H2,1H3. The van der Waals surface area contributed by atoms with Crippen molar-refractivity contribution in [1.29, 1.82) is 0 Å². The predicted octanol–water partition coefficient (Wildman–Crippen LogP) is 4.02. The summed E-state index contributed by atoms with van der Waals surface area (Å²) in [5, 5.41) is 3.12. The maximum absolute atomic E-state index is 13.8.